The second kappa shape index (κ2) is 5.01. The first-order chi connectivity index (χ1) is 8.58. The van der Waals surface area contributed by atoms with Gasteiger partial charge in [0.15, 0.2) is 6.10 Å². The van der Waals surface area contributed by atoms with Gasteiger partial charge in [0.05, 0.1) is 0 Å². The van der Waals surface area contributed by atoms with Crippen LogP contribution in [0.4, 0.5) is 0 Å². The maximum atomic E-state index is 10.6. The Bertz CT molecular complexity index is 546. The molecule has 1 unspecified atom stereocenters. The molecule has 0 amide bonds. The van der Waals surface area contributed by atoms with Crippen LogP contribution in [0.15, 0.2) is 36.7 Å². The SMILES string of the molecule is Cn1ccnc1Cc1ccc(C(O)C(=O)O)cc1. The lowest BCUT2D eigenvalue weighted by Gasteiger charge is -2.07. The molecule has 1 aromatic carbocycles. The number of aliphatic carboxylic acids is 1. The van der Waals surface area contributed by atoms with Gasteiger partial charge in [-0.25, -0.2) is 9.78 Å². The van der Waals surface area contributed by atoms with E-state index in [1.165, 1.54) is 0 Å². The maximum Gasteiger partial charge on any atom is 0.337 e. The van der Waals surface area contributed by atoms with Crippen LogP contribution in [0.5, 0.6) is 0 Å². The van der Waals surface area contributed by atoms with Crippen LogP contribution >= 0.6 is 0 Å². The highest BCUT2D eigenvalue weighted by Gasteiger charge is 2.15. The Morgan fingerprint density at radius 3 is 2.56 bits per heavy atom. The number of carboxylic acid groups (broad SMARTS) is 1. The Kier molecular flexibility index (Phi) is 3.43. The number of aliphatic hydroxyl groups is 1. The number of aryl methyl sites for hydroxylation is 1. The van der Waals surface area contributed by atoms with Gasteiger partial charge < -0.3 is 14.8 Å². The molecule has 1 aromatic heterocycles. The fraction of sp³-hybridized carbons (Fsp3) is 0.231. The molecule has 5 heteroatoms. The average Bonchev–Trinajstić information content (AvgIpc) is 2.75. The molecule has 2 rings (SSSR count). The lowest BCUT2D eigenvalue weighted by Crippen LogP contribution is -2.10. The van der Waals surface area contributed by atoms with Crippen molar-refractivity contribution >= 4 is 5.97 Å². The summed E-state index contributed by atoms with van der Waals surface area (Å²) in [6.45, 7) is 0. The highest BCUT2D eigenvalue weighted by Crippen LogP contribution is 2.15. The Labute approximate surface area is 104 Å². The first-order valence-corrected chi connectivity index (χ1v) is 5.54. The molecule has 5 nitrogen and oxygen atoms in total. The van der Waals surface area contributed by atoms with Crippen LogP contribution in [0.3, 0.4) is 0 Å². The molecule has 0 radical (unpaired) electrons. The molecule has 0 saturated heterocycles. The van der Waals surface area contributed by atoms with Crippen molar-refractivity contribution in [3.8, 4) is 0 Å². The van der Waals surface area contributed by atoms with Crippen LogP contribution in [0.25, 0.3) is 0 Å². The predicted octanol–water partition coefficient (Wildman–Crippen LogP) is 1.13. The number of hydrogen-bond donors (Lipinski definition) is 2. The van der Waals surface area contributed by atoms with Crippen molar-refractivity contribution in [2.24, 2.45) is 7.05 Å². The largest absolute Gasteiger partial charge is 0.479 e. The second-order valence-corrected chi connectivity index (χ2v) is 4.11. The lowest BCUT2D eigenvalue weighted by atomic mass is 10.1. The number of benzene rings is 1. The van der Waals surface area contributed by atoms with Gasteiger partial charge in [-0.05, 0) is 11.1 Å². The fourth-order valence-electron chi connectivity index (χ4n) is 1.71. The molecule has 1 atom stereocenters. The minimum absolute atomic E-state index is 0.381. The molecule has 94 valence electrons. The number of carboxylic acids is 1. The van der Waals surface area contributed by atoms with Crippen molar-refractivity contribution in [3.05, 3.63) is 53.6 Å². The van der Waals surface area contributed by atoms with E-state index in [0.29, 0.717) is 12.0 Å². The number of nitrogens with zero attached hydrogens (tertiary/aromatic N) is 2. The van der Waals surface area contributed by atoms with Crippen molar-refractivity contribution in [1.29, 1.82) is 0 Å². The van der Waals surface area contributed by atoms with Gasteiger partial charge in [-0.1, -0.05) is 24.3 Å². The summed E-state index contributed by atoms with van der Waals surface area (Å²) in [6, 6.07) is 6.85. The number of hydrogen-bond acceptors (Lipinski definition) is 3. The molecule has 0 fully saturated rings. The number of aromatic nitrogens is 2. The first kappa shape index (κ1) is 12.3. The van der Waals surface area contributed by atoms with Crippen molar-refractivity contribution in [3.63, 3.8) is 0 Å². The van der Waals surface area contributed by atoms with Crippen LogP contribution in [0, 0.1) is 0 Å². The molecule has 18 heavy (non-hydrogen) atoms. The lowest BCUT2D eigenvalue weighted by molar-refractivity contribution is -0.146. The number of imidazole rings is 1. The van der Waals surface area contributed by atoms with Crippen LogP contribution in [-0.4, -0.2) is 25.7 Å². The normalized spacial score (nSPS) is 12.3. The first-order valence-electron chi connectivity index (χ1n) is 5.54. The van der Waals surface area contributed by atoms with Crippen LogP contribution in [0.1, 0.15) is 23.1 Å². The molecular formula is C13H14N2O3. The van der Waals surface area contributed by atoms with Gasteiger partial charge in [-0.2, -0.15) is 0 Å². The van der Waals surface area contributed by atoms with E-state index in [2.05, 4.69) is 4.98 Å². The third kappa shape index (κ3) is 2.57. The molecule has 0 aliphatic heterocycles. The summed E-state index contributed by atoms with van der Waals surface area (Å²) in [5, 5.41) is 18.1. The van der Waals surface area contributed by atoms with Crippen LogP contribution in [-0.2, 0) is 18.3 Å². The zero-order valence-corrected chi connectivity index (χ0v) is 9.95. The summed E-state index contributed by atoms with van der Waals surface area (Å²) < 4.78 is 1.93. The Hall–Kier alpha value is -2.14. The van der Waals surface area contributed by atoms with Crippen LogP contribution < -0.4 is 0 Å². The smallest absolute Gasteiger partial charge is 0.337 e. The number of carbonyl (C=O) groups is 1. The standard InChI is InChI=1S/C13H14N2O3/c1-15-7-6-14-11(15)8-9-2-4-10(5-3-9)12(16)13(17)18/h2-7,12,16H,8H2,1H3,(H,17,18). The van der Waals surface area contributed by atoms with Gasteiger partial charge in [0.25, 0.3) is 0 Å². The summed E-state index contributed by atoms with van der Waals surface area (Å²) in [4.78, 5) is 14.8. The Morgan fingerprint density at radius 2 is 2.06 bits per heavy atom. The van der Waals surface area contributed by atoms with Crippen molar-refractivity contribution in [2.45, 2.75) is 12.5 Å². The third-order valence-corrected chi connectivity index (χ3v) is 2.81. The molecule has 1 heterocycles. The summed E-state index contributed by atoms with van der Waals surface area (Å²) in [7, 11) is 1.92. The quantitative estimate of drug-likeness (QED) is 0.848. The molecule has 2 aromatic rings. The molecule has 0 bridgehead atoms. The Balaban J connectivity index is 2.13. The van der Waals surface area contributed by atoms with E-state index in [9.17, 15) is 9.90 Å². The van der Waals surface area contributed by atoms with Gasteiger partial charge >= 0.3 is 5.97 Å². The van der Waals surface area contributed by atoms with Crippen molar-refractivity contribution in [1.82, 2.24) is 9.55 Å². The van der Waals surface area contributed by atoms with E-state index in [4.69, 9.17) is 5.11 Å². The number of rotatable bonds is 4. The maximum absolute atomic E-state index is 10.6. The summed E-state index contributed by atoms with van der Waals surface area (Å²) >= 11 is 0. The third-order valence-electron chi connectivity index (χ3n) is 2.81. The van der Waals surface area contributed by atoms with Gasteiger partial charge in [0.1, 0.15) is 5.82 Å². The molecule has 0 saturated carbocycles. The minimum atomic E-state index is -1.47. The fourth-order valence-corrected chi connectivity index (χ4v) is 1.71. The van der Waals surface area contributed by atoms with Crippen molar-refractivity contribution in [2.75, 3.05) is 0 Å². The zero-order valence-electron chi connectivity index (χ0n) is 9.95. The summed E-state index contributed by atoms with van der Waals surface area (Å²) in [6.07, 6.45) is 2.81. The van der Waals surface area contributed by atoms with E-state index in [-0.39, 0.29) is 0 Å². The second-order valence-electron chi connectivity index (χ2n) is 4.11. The van der Waals surface area contributed by atoms with Gasteiger partial charge in [0, 0.05) is 25.9 Å². The van der Waals surface area contributed by atoms with E-state index >= 15 is 0 Å². The molecule has 2 N–H and O–H groups in total. The highest BCUT2D eigenvalue weighted by atomic mass is 16.4. The van der Waals surface area contributed by atoms with E-state index in [1.54, 1.807) is 30.5 Å². The predicted molar refractivity (Wildman–Crippen MR) is 65.1 cm³/mol. The number of aliphatic hydroxyl groups excluding tert-OH is 1. The van der Waals surface area contributed by atoms with Gasteiger partial charge in [-0.15, -0.1) is 0 Å². The van der Waals surface area contributed by atoms with Crippen molar-refractivity contribution < 1.29 is 15.0 Å². The zero-order chi connectivity index (χ0) is 13.1. The molecule has 0 spiro atoms. The van der Waals surface area contributed by atoms with Gasteiger partial charge in [-0.3, -0.25) is 0 Å². The van der Waals surface area contributed by atoms with Crippen LogP contribution in [0.2, 0.25) is 0 Å². The Morgan fingerprint density at radius 1 is 1.39 bits per heavy atom. The van der Waals surface area contributed by atoms with E-state index in [0.717, 1.165) is 11.4 Å². The monoisotopic (exact) mass is 246 g/mol. The highest BCUT2D eigenvalue weighted by molar-refractivity contribution is 5.73. The average molecular weight is 246 g/mol. The minimum Gasteiger partial charge on any atom is -0.479 e. The summed E-state index contributed by atoms with van der Waals surface area (Å²) in [5.41, 5.74) is 1.40. The topological polar surface area (TPSA) is 75.3 Å². The summed E-state index contributed by atoms with van der Waals surface area (Å²) in [5.74, 6) is -0.312. The molecular weight excluding hydrogens is 232 g/mol. The van der Waals surface area contributed by atoms with E-state index in [1.807, 2.05) is 17.8 Å². The molecule has 0 aliphatic rings. The molecule has 0 aliphatic carbocycles. The van der Waals surface area contributed by atoms with Gasteiger partial charge in [0.2, 0.25) is 0 Å². The van der Waals surface area contributed by atoms with E-state index < -0.39 is 12.1 Å².